The number of halogens is 4. The van der Waals surface area contributed by atoms with Gasteiger partial charge in [0.25, 0.3) is 0 Å². The molecule has 180 valence electrons. The summed E-state index contributed by atoms with van der Waals surface area (Å²) < 4.78 is 0.829. The summed E-state index contributed by atoms with van der Waals surface area (Å²) in [6.45, 7) is 0. The summed E-state index contributed by atoms with van der Waals surface area (Å²) in [5.74, 6) is -2.74. The van der Waals surface area contributed by atoms with Gasteiger partial charge in [-0.15, -0.1) is 0 Å². The van der Waals surface area contributed by atoms with Crippen molar-refractivity contribution < 1.29 is 14.4 Å². The number of hydrogen-bond acceptors (Lipinski definition) is 4. The van der Waals surface area contributed by atoms with Crippen molar-refractivity contribution in [2.45, 2.75) is 12.1 Å². The Morgan fingerprint density at radius 3 is 2.17 bits per heavy atom. The molecule has 0 spiro atoms. The second-order valence-electron chi connectivity index (χ2n) is 8.97. The maximum absolute atomic E-state index is 14.0. The van der Waals surface area contributed by atoms with Gasteiger partial charge in [-0.05, 0) is 48.0 Å². The van der Waals surface area contributed by atoms with Gasteiger partial charge in [0.15, 0.2) is 5.78 Å². The molecule has 3 aliphatic heterocycles. The largest absolute Gasteiger partial charge is 0.352 e. The van der Waals surface area contributed by atoms with Gasteiger partial charge in [0, 0.05) is 30.8 Å². The summed E-state index contributed by atoms with van der Waals surface area (Å²) in [7, 11) is 0. The van der Waals surface area contributed by atoms with E-state index in [1.54, 1.807) is 36.4 Å². The quantitative estimate of drug-likeness (QED) is 0.248. The molecule has 3 aliphatic rings. The average molecular weight is 603 g/mol. The Morgan fingerprint density at radius 1 is 0.806 bits per heavy atom. The molecular formula is C27H16BrCl3N2O3. The van der Waals surface area contributed by atoms with Crippen molar-refractivity contribution >= 4 is 85.8 Å². The monoisotopic (exact) mass is 600 g/mol. The predicted octanol–water partition coefficient (Wildman–Crippen LogP) is 6.68. The average Bonchev–Trinajstić information content (AvgIpc) is 3.31. The first-order valence-corrected chi connectivity index (χ1v) is 13.1. The van der Waals surface area contributed by atoms with Crippen LogP contribution in [0, 0.1) is 11.8 Å². The van der Waals surface area contributed by atoms with Crippen molar-refractivity contribution in [1.82, 2.24) is 0 Å². The molecule has 0 radical (unpaired) electrons. The second kappa shape index (κ2) is 8.73. The van der Waals surface area contributed by atoms with Crippen LogP contribution in [0.5, 0.6) is 0 Å². The van der Waals surface area contributed by atoms with E-state index in [9.17, 15) is 14.4 Å². The number of Topliss-reactive ketones (excluding diaryl/α,β-unsaturated/α-hetero) is 1. The Kier molecular flexibility index (Phi) is 5.76. The van der Waals surface area contributed by atoms with E-state index in [0.29, 0.717) is 26.3 Å². The first-order valence-electron chi connectivity index (χ1n) is 11.1. The van der Waals surface area contributed by atoms with E-state index in [2.05, 4.69) is 15.9 Å². The maximum Gasteiger partial charge on any atom is 0.240 e. The van der Waals surface area contributed by atoms with Crippen LogP contribution in [0.3, 0.4) is 0 Å². The Hall–Kier alpha value is -2.64. The summed E-state index contributed by atoms with van der Waals surface area (Å²) in [4.78, 5) is 44.8. The van der Waals surface area contributed by atoms with Crippen LogP contribution >= 0.6 is 50.7 Å². The highest BCUT2D eigenvalue weighted by Crippen LogP contribution is 2.50. The summed E-state index contributed by atoms with van der Waals surface area (Å²) in [5, 5.41) is 1.11. The predicted molar refractivity (Wildman–Crippen MR) is 145 cm³/mol. The lowest BCUT2D eigenvalue weighted by molar-refractivity contribution is -0.122. The zero-order valence-corrected chi connectivity index (χ0v) is 22.2. The van der Waals surface area contributed by atoms with Crippen LogP contribution in [0.25, 0.3) is 6.08 Å². The fraction of sp³-hybridized carbons (Fsp3) is 0.148. The normalized spacial score (nSPS) is 24.1. The first kappa shape index (κ1) is 23.7. The number of carbonyl (C=O) groups excluding carboxylic acids is 3. The molecule has 5 nitrogen and oxygen atoms in total. The lowest BCUT2D eigenvalue weighted by atomic mass is 9.86. The smallest absolute Gasteiger partial charge is 0.240 e. The number of rotatable bonds is 3. The third kappa shape index (κ3) is 3.62. The summed E-state index contributed by atoms with van der Waals surface area (Å²) in [6.07, 6.45) is 3.80. The summed E-state index contributed by atoms with van der Waals surface area (Å²) in [6, 6.07) is 15.6. The van der Waals surface area contributed by atoms with Crippen LogP contribution in [0.15, 0.2) is 71.2 Å². The van der Waals surface area contributed by atoms with E-state index in [1.165, 1.54) is 18.2 Å². The van der Waals surface area contributed by atoms with Crippen LogP contribution in [0.2, 0.25) is 15.1 Å². The van der Waals surface area contributed by atoms with Crippen molar-refractivity contribution in [2.24, 2.45) is 11.8 Å². The Balaban J connectivity index is 1.51. The standard InChI is InChI=1S/C27H16BrCl3N2O3/c28-15-5-1-14(2-6-15)25(34)24-23-22(20-8-4-13-3-7-16(29)12-21(13)33(20)24)26(35)32(27(23)36)19-10-17(30)9-18(31)11-19/h1-12,20,22-24H/t20-,22-,23-,24-/m1/s1. The highest BCUT2D eigenvalue weighted by Gasteiger charge is 2.64. The number of ketones is 1. The fourth-order valence-electron chi connectivity index (χ4n) is 5.54. The minimum atomic E-state index is -0.903. The Labute approximate surface area is 230 Å². The van der Waals surface area contributed by atoms with Gasteiger partial charge in [0.2, 0.25) is 11.8 Å². The SMILES string of the molecule is O=C(c1ccc(Br)cc1)[C@H]1[C@@H]2C(=O)N(c3cc(Cl)cc(Cl)c3)C(=O)[C@@H]2[C@H]2C=Cc3ccc(Cl)cc3N21. The Bertz CT molecular complexity index is 1470. The van der Waals surface area contributed by atoms with Gasteiger partial charge in [0.1, 0.15) is 6.04 Å². The summed E-state index contributed by atoms with van der Waals surface area (Å²) in [5.41, 5.74) is 2.33. The fourth-order valence-corrected chi connectivity index (χ4v) is 6.48. The number of fused-ring (bicyclic) bond motifs is 5. The molecule has 0 aliphatic carbocycles. The number of anilines is 2. The molecule has 3 aromatic carbocycles. The molecule has 3 heterocycles. The molecule has 4 atom stereocenters. The molecule has 2 amide bonds. The van der Waals surface area contributed by atoms with E-state index in [1.807, 2.05) is 23.1 Å². The van der Waals surface area contributed by atoms with Crippen molar-refractivity contribution in [3.05, 3.63) is 97.4 Å². The van der Waals surface area contributed by atoms with Gasteiger partial charge in [-0.3, -0.25) is 14.4 Å². The minimum absolute atomic E-state index is 0.242. The molecule has 2 saturated heterocycles. The van der Waals surface area contributed by atoms with Crippen molar-refractivity contribution in [2.75, 3.05) is 9.80 Å². The van der Waals surface area contributed by atoms with Crippen molar-refractivity contribution in [3.8, 4) is 0 Å². The molecule has 0 unspecified atom stereocenters. The Morgan fingerprint density at radius 2 is 1.47 bits per heavy atom. The van der Waals surface area contributed by atoms with E-state index in [0.717, 1.165) is 20.6 Å². The third-order valence-corrected chi connectivity index (χ3v) is 8.17. The molecule has 36 heavy (non-hydrogen) atoms. The second-order valence-corrected chi connectivity index (χ2v) is 11.2. The van der Waals surface area contributed by atoms with Crippen LogP contribution < -0.4 is 9.80 Å². The number of nitrogens with zero attached hydrogens (tertiary/aromatic N) is 2. The molecule has 2 fully saturated rings. The van der Waals surface area contributed by atoms with E-state index in [4.69, 9.17) is 34.8 Å². The van der Waals surface area contributed by atoms with Gasteiger partial charge in [0.05, 0.1) is 23.6 Å². The zero-order chi connectivity index (χ0) is 25.3. The number of amides is 2. The lowest BCUT2D eigenvalue weighted by Crippen LogP contribution is -2.48. The molecule has 9 heteroatoms. The van der Waals surface area contributed by atoms with Gasteiger partial charge in [-0.2, -0.15) is 0 Å². The van der Waals surface area contributed by atoms with Crippen LogP contribution in [-0.2, 0) is 9.59 Å². The van der Waals surface area contributed by atoms with Gasteiger partial charge in [-0.25, -0.2) is 4.90 Å². The molecule has 0 bridgehead atoms. The number of benzene rings is 3. The summed E-state index contributed by atoms with van der Waals surface area (Å²) >= 11 is 22.1. The molecular weight excluding hydrogens is 587 g/mol. The van der Waals surface area contributed by atoms with Gasteiger partial charge >= 0.3 is 0 Å². The number of imide groups is 1. The molecule has 3 aromatic rings. The van der Waals surface area contributed by atoms with Crippen LogP contribution in [-0.4, -0.2) is 29.7 Å². The molecule has 0 aromatic heterocycles. The van der Waals surface area contributed by atoms with E-state index < -0.39 is 29.8 Å². The number of hydrogen-bond donors (Lipinski definition) is 0. The molecule has 6 rings (SSSR count). The van der Waals surface area contributed by atoms with Gasteiger partial charge < -0.3 is 4.90 Å². The van der Waals surface area contributed by atoms with Crippen LogP contribution in [0.4, 0.5) is 11.4 Å². The topological polar surface area (TPSA) is 57.7 Å². The van der Waals surface area contributed by atoms with Crippen LogP contribution in [0.1, 0.15) is 15.9 Å². The number of carbonyl (C=O) groups is 3. The zero-order valence-electron chi connectivity index (χ0n) is 18.4. The van der Waals surface area contributed by atoms with E-state index >= 15 is 0 Å². The van der Waals surface area contributed by atoms with Gasteiger partial charge in [-0.1, -0.05) is 81.1 Å². The lowest BCUT2D eigenvalue weighted by Gasteiger charge is -2.36. The highest BCUT2D eigenvalue weighted by molar-refractivity contribution is 9.10. The van der Waals surface area contributed by atoms with Crippen molar-refractivity contribution in [3.63, 3.8) is 0 Å². The third-order valence-electron chi connectivity index (χ3n) is 6.97. The maximum atomic E-state index is 14.0. The first-order chi connectivity index (χ1) is 17.2. The minimum Gasteiger partial charge on any atom is -0.352 e. The highest BCUT2D eigenvalue weighted by atomic mass is 79.9. The van der Waals surface area contributed by atoms with E-state index in [-0.39, 0.29) is 11.7 Å². The van der Waals surface area contributed by atoms with Crippen molar-refractivity contribution in [1.29, 1.82) is 0 Å². The molecule has 0 N–H and O–H groups in total. The molecule has 0 saturated carbocycles.